The Morgan fingerprint density at radius 1 is 1.25 bits per heavy atom. The van der Waals surface area contributed by atoms with Crippen LogP contribution in [0.25, 0.3) is 0 Å². The van der Waals surface area contributed by atoms with Gasteiger partial charge in [0, 0.05) is 17.8 Å². The molecular weight excluding hydrogens is 216 g/mol. The van der Waals surface area contributed by atoms with Crippen molar-refractivity contribution < 1.29 is 18.7 Å². The van der Waals surface area contributed by atoms with Gasteiger partial charge in [-0.15, -0.1) is 0 Å². The zero-order chi connectivity index (χ0) is 12.3. The lowest BCUT2D eigenvalue weighted by molar-refractivity contribution is -0.141. The Morgan fingerprint density at radius 2 is 1.75 bits per heavy atom. The largest absolute Gasteiger partial charge is 0.481 e. The summed E-state index contributed by atoms with van der Waals surface area (Å²) < 4.78 is 25.7. The standard InChI is InChI=1S/C11H13F2NO2/c1-6(11(15)16)7(2)14-10-4-8(12)3-9(13)5-10/h3-7,14H,1-2H3,(H,15,16). The first-order chi connectivity index (χ1) is 7.40. The molecule has 0 bridgehead atoms. The second kappa shape index (κ2) is 4.92. The van der Waals surface area contributed by atoms with E-state index in [0.717, 1.165) is 18.2 Å². The van der Waals surface area contributed by atoms with E-state index in [1.165, 1.54) is 6.92 Å². The molecule has 0 fully saturated rings. The number of hydrogen-bond acceptors (Lipinski definition) is 2. The summed E-state index contributed by atoms with van der Waals surface area (Å²) in [6.45, 7) is 3.16. The first-order valence-corrected chi connectivity index (χ1v) is 4.85. The number of carboxylic acid groups (broad SMARTS) is 1. The molecule has 0 aliphatic heterocycles. The number of benzene rings is 1. The molecule has 0 radical (unpaired) electrons. The third-order valence-corrected chi connectivity index (χ3v) is 2.40. The van der Waals surface area contributed by atoms with Crippen molar-refractivity contribution in [3.05, 3.63) is 29.8 Å². The average Bonchev–Trinajstić information content (AvgIpc) is 2.14. The number of hydrogen-bond donors (Lipinski definition) is 2. The third-order valence-electron chi connectivity index (χ3n) is 2.40. The number of nitrogens with one attached hydrogen (secondary N) is 1. The minimum Gasteiger partial charge on any atom is -0.481 e. The van der Waals surface area contributed by atoms with Crippen molar-refractivity contribution >= 4 is 11.7 Å². The van der Waals surface area contributed by atoms with E-state index >= 15 is 0 Å². The van der Waals surface area contributed by atoms with E-state index in [1.54, 1.807) is 6.92 Å². The monoisotopic (exact) mass is 229 g/mol. The van der Waals surface area contributed by atoms with E-state index in [9.17, 15) is 13.6 Å². The number of halogens is 2. The third kappa shape index (κ3) is 3.18. The summed E-state index contributed by atoms with van der Waals surface area (Å²) in [6.07, 6.45) is 0. The van der Waals surface area contributed by atoms with Crippen molar-refractivity contribution in [3.63, 3.8) is 0 Å². The molecule has 1 rings (SSSR count). The average molecular weight is 229 g/mol. The van der Waals surface area contributed by atoms with Gasteiger partial charge in [0.1, 0.15) is 11.6 Å². The van der Waals surface area contributed by atoms with Crippen LogP contribution >= 0.6 is 0 Å². The number of carboxylic acids is 1. The number of aliphatic carboxylic acids is 1. The van der Waals surface area contributed by atoms with Crippen LogP contribution in [0.4, 0.5) is 14.5 Å². The fourth-order valence-corrected chi connectivity index (χ4v) is 1.24. The Kier molecular flexibility index (Phi) is 3.82. The summed E-state index contributed by atoms with van der Waals surface area (Å²) in [5.41, 5.74) is 0.234. The molecule has 0 aliphatic rings. The summed E-state index contributed by atoms with van der Waals surface area (Å²) >= 11 is 0. The van der Waals surface area contributed by atoms with Crippen molar-refractivity contribution in [2.24, 2.45) is 5.92 Å². The molecule has 88 valence electrons. The van der Waals surface area contributed by atoms with Crippen LogP contribution in [-0.2, 0) is 4.79 Å². The molecule has 2 unspecified atom stereocenters. The molecule has 0 saturated carbocycles. The maximum Gasteiger partial charge on any atom is 0.308 e. The lowest BCUT2D eigenvalue weighted by atomic mass is 10.0. The quantitative estimate of drug-likeness (QED) is 0.833. The SMILES string of the molecule is CC(Nc1cc(F)cc(F)c1)C(C)C(=O)O. The lowest BCUT2D eigenvalue weighted by Crippen LogP contribution is -2.29. The van der Waals surface area contributed by atoms with Crippen molar-refractivity contribution in [2.45, 2.75) is 19.9 Å². The Balaban J connectivity index is 2.76. The molecule has 0 amide bonds. The zero-order valence-electron chi connectivity index (χ0n) is 9.00. The fraction of sp³-hybridized carbons (Fsp3) is 0.364. The van der Waals surface area contributed by atoms with Gasteiger partial charge >= 0.3 is 5.97 Å². The van der Waals surface area contributed by atoms with Gasteiger partial charge in [-0.05, 0) is 26.0 Å². The summed E-state index contributed by atoms with van der Waals surface area (Å²) in [7, 11) is 0. The van der Waals surface area contributed by atoms with Crippen LogP contribution in [0.3, 0.4) is 0 Å². The highest BCUT2D eigenvalue weighted by Crippen LogP contribution is 2.16. The molecule has 1 aromatic carbocycles. The van der Waals surface area contributed by atoms with E-state index in [1.807, 2.05) is 0 Å². The van der Waals surface area contributed by atoms with Crippen LogP contribution < -0.4 is 5.32 Å². The Morgan fingerprint density at radius 3 is 2.19 bits per heavy atom. The van der Waals surface area contributed by atoms with Gasteiger partial charge in [-0.1, -0.05) is 0 Å². The molecule has 0 spiro atoms. The Bertz CT molecular complexity index is 375. The molecular formula is C11H13F2NO2. The van der Waals surface area contributed by atoms with Gasteiger partial charge in [0.2, 0.25) is 0 Å². The highest BCUT2D eigenvalue weighted by molar-refractivity contribution is 5.71. The van der Waals surface area contributed by atoms with Crippen LogP contribution in [0.1, 0.15) is 13.8 Å². The van der Waals surface area contributed by atoms with Gasteiger partial charge in [0.05, 0.1) is 5.92 Å². The van der Waals surface area contributed by atoms with Gasteiger partial charge in [0.15, 0.2) is 0 Å². The van der Waals surface area contributed by atoms with E-state index in [2.05, 4.69) is 5.32 Å². The Labute approximate surface area is 92.1 Å². The molecule has 0 aliphatic carbocycles. The first-order valence-electron chi connectivity index (χ1n) is 4.85. The first kappa shape index (κ1) is 12.4. The van der Waals surface area contributed by atoms with Gasteiger partial charge in [0.25, 0.3) is 0 Å². The van der Waals surface area contributed by atoms with Crippen molar-refractivity contribution in [1.29, 1.82) is 0 Å². The van der Waals surface area contributed by atoms with Crippen molar-refractivity contribution in [2.75, 3.05) is 5.32 Å². The molecule has 2 N–H and O–H groups in total. The number of rotatable bonds is 4. The second-order valence-electron chi connectivity index (χ2n) is 3.72. The van der Waals surface area contributed by atoms with Gasteiger partial charge in [-0.25, -0.2) is 8.78 Å². The van der Waals surface area contributed by atoms with Crippen LogP contribution in [0, 0.1) is 17.6 Å². The van der Waals surface area contributed by atoms with Crippen molar-refractivity contribution in [1.82, 2.24) is 0 Å². The number of anilines is 1. The minimum absolute atomic E-state index is 0.234. The van der Waals surface area contributed by atoms with Crippen LogP contribution in [0.5, 0.6) is 0 Å². The van der Waals surface area contributed by atoms with Crippen LogP contribution in [0.15, 0.2) is 18.2 Å². The van der Waals surface area contributed by atoms with Crippen LogP contribution in [0.2, 0.25) is 0 Å². The molecule has 0 saturated heterocycles. The maximum absolute atomic E-state index is 12.8. The van der Waals surface area contributed by atoms with E-state index in [0.29, 0.717) is 0 Å². The summed E-state index contributed by atoms with van der Waals surface area (Å²) in [5.74, 6) is -3.00. The molecule has 1 aromatic rings. The summed E-state index contributed by atoms with van der Waals surface area (Å²) in [6, 6.07) is 2.58. The topological polar surface area (TPSA) is 49.3 Å². The molecule has 0 aromatic heterocycles. The van der Waals surface area contributed by atoms with E-state index in [-0.39, 0.29) is 5.69 Å². The Hall–Kier alpha value is -1.65. The lowest BCUT2D eigenvalue weighted by Gasteiger charge is -2.19. The normalized spacial score (nSPS) is 14.2. The highest BCUT2D eigenvalue weighted by Gasteiger charge is 2.19. The summed E-state index contributed by atoms with van der Waals surface area (Å²) in [5, 5.41) is 11.5. The molecule has 0 heterocycles. The zero-order valence-corrected chi connectivity index (χ0v) is 9.00. The molecule has 3 nitrogen and oxygen atoms in total. The van der Waals surface area contributed by atoms with E-state index in [4.69, 9.17) is 5.11 Å². The maximum atomic E-state index is 12.8. The van der Waals surface area contributed by atoms with Crippen molar-refractivity contribution in [3.8, 4) is 0 Å². The van der Waals surface area contributed by atoms with E-state index < -0.39 is 29.6 Å². The summed E-state index contributed by atoms with van der Waals surface area (Å²) in [4.78, 5) is 10.7. The predicted molar refractivity (Wildman–Crippen MR) is 56.2 cm³/mol. The highest BCUT2D eigenvalue weighted by atomic mass is 19.1. The molecule has 5 heteroatoms. The molecule has 2 atom stereocenters. The number of carbonyl (C=O) groups is 1. The second-order valence-corrected chi connectivity index (χ2v) is 3.72. The molecule has 16 heavy (non-hydrogen) atoms. The van der Waals surface area contributed by atoms with Gasteiger partial charge < -0.3 is 10.4 Å². The smallest absolute Gasteiger partial charge is 0.308 e. The predicted octanol–water partition coefficient (Wildman–Crippen LogP) is 2.49. The minimum atomic E-state index is -0.961. The fourth-order valence-electron chi connectivity index (χ4n) is 1.24. The van der Waals surface area contributed by atoms with Gasteiger partial charge in [-0.2, -0.15) is 0 Å². The van der Waals surface area contributed by atoms with Gasteiger partial charge in [-0.3, -0.25) is 4.79 Å². The van der Waals surface area contributed by atoms with Crippen LogP contribution in [-0.4, -0.2) is 17.1 Å².